The zero-order chi connectivity index (χ0) is 18.2. The number of amides is 1. The maximum Gasteiger partial charge on any atom is 0.307 e. The van der Waals surface area contributed by atoms with E-state index in [1.54, 1.807) is 62.4 Å². The summed E-state index contributed by atoms with van der Waals surface area (Å²) in [5, 5.41) is 2.66. The predicted molar refractivity (Wildman–Crippen MR) is 94.5 cm³/mol. The molecule has 0 spiro atoms. The number of hydrogen-bond donors (Lipinski definition) is 1. The van der Waals surface area contributed by atoms with Gasteiger partial charge in [-0.2, -0.15) is 0 Å². The fourth-order valence-corrected chi connectivity index (χ4v) is 2.32. The number of carbonyl (C=O) groups excluding carboxylic acids is 3. The van der Waals surface area contributed by atoms with Gasteiger partial charge < -0.3 is 10.1 Å². The number of carbonyl (C=O) groups is 3. The third kappa shape index (κ3) is 5.28. The molecule has 1 N–H and O–H groups in total. The molecule has 25 heavy (non-hydrogen) atoms. The number of hydrogen-bond acceptors (Lipinski definition) is 4. The lowest BCUT2D eigenvalue weighted by atomic mass is 9.98. The Morgan fingerprint density at radius 3 is 2.16 bits per heavy atom. The summed E-state index contributed by atoms with van der Waals surface area (Å²) >= 11 is 0. The van der Waals surface area contributed by atoms with Gasteiger partial charge >= 0.3 is 5.97 Å². The van der Waals surface area contributed by atoms with Gasteiger partial charge in [0.2, 0.25) is 0 Å². The number of nitrogens with one attached hydrogen (secondary N) is 1. The van der Waals surface area contributed by atoms with Crippen molar-refractivity contribution in [2.45, 2.75) is 26.4 Å². The highest BCUT2D eigenvalue weighted by Crippen LogP contribution is 2.14. The van der Waals surface area contributed by atoms with Crippen molar-refractivity contribution in [3.8, 4) is 0 Å². The van der Waals surface area contributed by atoms with Crippen LogP contribution in [-0.2, 0) is 9.53 Å². The van der Waals surface area contributed by atoms with E-state index in [2.05, 4.69) is 5.32 Å². The first kappa shape index (κ1) is 18.4. The van der Waals surface area contributed by atoms with E-state index in [0.717, 1.165) is 0 Å². The minimum Gasteiger partial charge on any atom is -0.463 e. The predicted octanol–water partition coefficient (Wildman–Crippen LogP) is 2.99. The fourth-order valence-electron chi connectivity index (χ4n) is 2.32. The van der Waals surface area contributed by atoms with E-state index >= 15 is 0 Å². The average molecular weight is 339 g/mol. The average Bonchev–Trinajstić information content (AvgIpc) is 2.61. The highest BCUT2D eigenvalue weighted by molar-refractivity contribution is 6.15. The van der Waals surface area contributed by atoms with Crippen molar-refractivity contribution < 1.29 is 19.1 Å². The van der Waals surface area contributed by atoms with Crippen LogP contribution in [0.4, 0.5) is 0 Å². The Balaban J connectivity index is 2.06. The maximum atomic E-state index is 12.6. The molecule has 0 fully saturated rings. The van der Waals surface area contributed by atoms with E-state index in [9.17, 15) is 14.4 Å². The van der Waals surface area contributed by atoms with Crippen LogP contribution in [-0.4, -0.2) is 30.3 Å². The second kappa shape index (κ2) is 8.78. The number of esters is 1. The lowest BCUT2D eigenvalue weighted by Crippen LogP contribution is -2.28. The van der Waals surface area contributed by atoms with Crippen LogP contribution < -0.4 is 5.32 Å². The van der Waals surface area contributed by atoms with Crippen molar-refractivity contribution in [1.29, 1.82) is 0 Å². The van der Waals surface area contributed by atoms with Gasteiger partial charge in [0.1, 0.15) is 0 Å². The smallest absolute Gasteiger partial charge is 0.307 e. The number of benzene rings is 2. The summed E-state index contributed by atoms with van der Waals surface area (Å²) in [7, 11) is 0. The highest BCUT2D eigenvalue weighted by Gasteiger charge is 2.18. The number of ether oxygens (including phenoxy) is 1. The number of rotatable bonds is 7. The Bertz CT molecular complexity index is 753. The van der Waals surface area contributed by atoms with E-state index in [4.69, 9.17) is 4.74 Å². The molecular formula is C20H21NO4. The molecule has 130 valence electrons. The van der Waals surface area contributed by atoms with Crippen molar-refractivity contribution >= 4 is 17.7 Å². The molecule has 0 unspecified atom stereocenters. The molecule has 0 saturated carbocycles. The van der Waals surface area contributed by atoms with Crippen LogP contribution in [0.2, 0.25) is 0 Å². The Kier molecular flexibility index (Phi) is 6.46. The molecule has 0 heterocycles. The zero-order valence-electron chi connectivity index (χ0n) is 14.3. The van der Waals surface area contributed by atoms with Crippen LogP contribution in [0.3, 0.4) is 0 Å². The molecule has 0 aromatic heterocycles. The molecule has 2 aromatic carbocycles. The Morgan fingerprint density at radius 2 is 1.52 bits per heavy atom. The molecule has 5 nitrogen and oxygen atoms in total. The molecule has 0 atom stereocenters. The fraction of sp³-hybridized carbons (Fsp3) is 0.250. The highest BCUT2D eigenvalue weighted by atomic mass is 16.5. The Hall–Kier alpha value is -2.95. The second-order valence-electron chi connectivity index (χ2n) is 5.79. The standard InChI is InChI=1S/C20H21NO4/c1-14(2)25-18(22)12-13-21-20(24)17-11-7-6-10-16(17)19(23)15-8-4-3-5-9-15/h3-11,14H,12-13H2,1-2H3,(H,21,24). The number of ketones is 1. The van der Waals surface area contributed by atoms with Crippen LogP contribution in [0.15, 0.2) is 54.6 Å². The van der Waals surface area contributed by atoms with Gasteiger partial charge in [-0.05, 0) is 19.9 Å². The monoisotopic (exact) mass is 339 g/mol. The largest absolute Gasteiger partial charge is 0.463 e. The van der Waals surface area contributed by atoms with Gasteiger partial charge in [0, 0.05) is 17.7 Å². The summed E-state index contributed by atoms with van der Waals surface area (Å²) in [4.78, 5) is 36.5. The zero-order valence-corrected chi connectivity index (χ0v) is 14.3. The van der Waals surface area contributed by atoms with Crippen LogP contribution in [0.1, 0.15) is 46.5 Å². The van der Waals surface area contributed by atoms with Gasteiger partial charge in [0.25, 0.3) is 5.91 Å². The summed E-state index contributed by atoms with van der Waals surface area (Å²) in [6.45, 7) is 3.68. The molecule has 1 amide bonds. The van der Waals surface area contributed by atoms with E-state index in [-0.39, 0.29) is 36.4 Å². The lowest BCUT2D eigenvalue weighted by Gasteiger charge is -2.10. The first-order chi connectivity index (χ1) is 12.0. The third-order valence-corrected chi connectivity index (χ3v) is 3.43. The molecule has 2 rings (SSSR count). The van der Waals surface area contributed by atoms with Gasteiger partial charge in [-0.15, -0.1) is 0 Å². The van der Waals surface area contributed by atoms with Gasteiger partial charge in [-0.3, -0.25) is 14.4 Å². The summed E-state index contributed by atoms with van der Waals surface area (Å²) in [6, 6.07) is 15.4. The summed E-state index contributed by atoms with van der Waals surface area (Å²) in [5.74, 6) is -0.980. The van der Waals surface area contributed by atoms with Crippen molar-refractivity contribution in [2.24, 2.45) is 0 Å². The second-order valence-corrected chi connectivity index (χ2v) is 5.79. The van der Waals surface area contributed by atoms with Crippen molar-refractivity contribution in [1.82, 2.24) is 5.32 Å². The maximum absolute atomic E-state index is 12.6. The van der Waals surface area contributed by atoms with Crippen molar-refractivity contribution in [3.05, 3.63) is 71.3 Å². The summed E-state index contributed by atoms with van der Waals surface area (Å²) in [6.07, 6.45) is -0.106. The SMILES string of the molecule is CC(C)OC(=O)CCNC(=O)c1ccccc1C(=O)c1ccccc1. The molecule has 0 aliphatic heterocycles. The van der Waals surface area contributed by atoms with E-state index in [0.29, 0.717) is 11.1 Å². The molecule has 0 aliphatic carbocycles. The molecular weight excluding hydrogens is 318 g/mol. The minimum atomic E-state index is -0.391. The molecule has 0 saturated heterocycles. The lowest BCUT2D eigenvalue weighted by molar-refractivity contribution is -0.147. The van der Waals surface area contributed by atoms with E-state index in [1.807, 2.05) is 6.07 Å². The third-order valence-electron chi connectivity index (χ3n) is 3.43. The van der Waals surface area contributed by atoms with E-state index < -0.39 is 5.91 Å². The van der Waals surface area contributed by atoms with Crippen LogP contribution in [0.5, 0.6) is 0 Å². The molecule has 0 radical (unpaired) electrons. The van der Waals surface area contributed by atoms with Gasteiger partial charge in [0.15, 0.2) is 5.78 Å². The van der Waals surface area contributed by atoms with Crippen molar-refractivity contribution in [2.75, 3.05) is 6.54 Å². The summed E-state index contributed by atoms with van der Waals surface area (Å²) < 4.78 is 5.01. The molecule has 2 aromatic rings. The quantitative estimate of drug-likeness (QED) is 0.622. The van der Waals surface area contributed by atoms with Gasteiger partial charge in [0.05, 0.1) is 18.1 Å². The van der Waals surface area contributed by atoms with E-state index in [1.165, 1.54) is 0 Å². The van der Waals surface area contributed by atoms with Crippen molar-refractivity contribution in [3.63, 3.8) is 0 Å². The topological polar surface area (TPSA) is 72.5 Å². The Morgan fingerprint density at radius 1 is 0.920 bits per heavy atom. The van der Waals surface area contributed by atoms with Gasteiger partial charge in [-0.1, -0.05) is 48.5 Å². The van der Waals surface area contributed by atoms with Crippen LogP contribution >= 0.6 is 0 Å². The molecule has 0 aliphatic rings. The minimum absolute atomic E-state index is 0.0821. The first-order valence-corrected chi connectivity index (χ1v) is 8.15. The molecule has 0 bridgehead atoms. The van der Waals surface area contributed by atoms with Gasteiger partial charge in [-0.25, -0.2) is 0 Å². The summed E-state index contributed by atoms with van der Waals surface area (Å²) in [5.41, 5.74) is 1.13. The first-order valence-electron chi connectivity index (χ1n) is 8.15. The molecule has 5 heteroatoms. The van der Waals surface area contributed by atoms with Crippen LogP contribution in [0.25, 0.3) is 0 Å². The Labute approximate surface area is 147 Å². The normalized spacial score (nSPS) is 10.4. The van der Waals surface area contributed by atoms with Crippen LogP contribution in [0, 0.1) is 0 Å².